The first-order valence-corrected chi connectivity index (χ1v) is 6.09. The van der Waals surface area contributed by atoms with Gasteiger partial charge in [0.1, 0.15) is 5.82 Å². The summed E-state index contributed by atoms with van der Waals surface area (Å²) >= 11 is 0. The maximum Gasteiger partial charge on any atom is 0.185 e. The van der Waals surface area contributed by atoms with Crippen LogP contribution in [0, 0.1) is 5.82 Å². The van der Waals surface area contributed by atoms with Crippen LogP contribution in [0.4, 0.5) is 10.1 Å². The van der Waals surface area contributed by atoms with E-state index < -0.39 is 0 Å². The van der Waals surface area contributed by atoms with Crippen LogP contribution < -0.4 is 5.73 Å². The Kier molecular flexibility index (Phi) is 2.70. The van der Waals surface area contributed by atoms with Gasteiger partial charge in [0, 0.05) is 5.69 Å². The summed E-state index contributed by atoms with van der Waals surface area (Å²) in [6.45, 7) is 0. The molecule has 6 heteroatoms. The minimum Gasteiger partial charge on any atom is -0.399 e. The molecule has 0 saturated heterocycles. The first-order valence-electron chi connectivity index (χ1n) is 6.09. The van der Waals surface area contributed by atoms with E-state index in [9.17, 15) is 4.39 Å². The fourth-order valence-electron chi connectivity index (χ4n) is 2.48. The molecule has 1 aliphatic carbocycles. The minimum absolute atomic E-state index is 0.284. The topological polar surface area (TPSA) is 69.6 Å². The van der Waals surface area contributed by atoms with Gasteiger partial charge in [0.25, 0.3) is 0 Å². The quantitative estimate of drug-likeness (QED) is 0.826. The average Bonchev–Trinajstić information content (AvgIpc) is 2.98. The van der Waals surface area contributed by atoms with E-state index in [1.54, 1.807) is 16.8 Å². The van der Waals surface area contributed by atoms with Gasteiger partial charge in [-0.2, -0.15) is 0 Å². The molecule has 2 N–H and O–H groups in total. The number of tetrazole rings is 1. The smallest absolute Gasteiger partial charge is 0.185 e. The number of aromatic nitrogens is 4. The highest BCUT2D eigenvalue weighted by molar-refractivity contribution is 5.59. The van der Waals surface area contributed by atoms with E-state index >= 15 is 0 Å². The van der Waals surface area contributed by atoms with Crippen LogP contribution in [0.25, 0.3) is 11.4 Å². The molecule has 0 radical (unpaired) electrons. The van der Waals surface area contributed by atoms with E-state index in [1.807, 2.05) is 0 Å². The van der Waals surface area contributed by atoms with Gasteiger partial charge in [0.15, 0.2) is 5.82 Å². The zero-order valence-electron chi connectivity index (χ0n) is 9.88. The fraction of sp³-hybridized carbons (Fsp3) is 0.417. The van der Waals surface area contributed by atoms with E-state index in [1.165, 1.54) is 18.9 Å². The third-order valence-electron chi connectivity index (χ3n) is 3.40. The predicted molar refractivity (Wildman–Crippen MR) is 65.1 cm³/mol. The lowest BCUT2D eigenvalue weighted by Crippen LogP contribution is -2.09. The molecule has 0 atom stereocenters. The molecule has 1 heterocycles. The Balaban J connectivity index is 2.03. The van der Waals surface area contributed by atoms with Crippen molar-refractivity contribution < 1.29 is 4.39 Å². The van der Waals surface area contributed by atoms with Crippen molar-refractivity contribution in [3.8, 4) is 11.4 Å². The van der Waals surface area contributed by atoms with Gasteiger partial charge >= 0.3 is 0 Å². The number of benzene rings is 1. The Morgan fingerprint density at radius 3 is 2.78 bits per heavy atom. The molecule has 1 aromatic heterocycles. The zero-order chi connectivity index (χ0) is 12.5. The van der Waals surface area contributed by atoms with E-state index in [0.29, 0.717) is 17.1 Å². The number of nitrogens with zero attached hydrogens (tertiary/aromatic N) is 4. The van der Waals surface area contributed by atoms with Crippen molar-refractivity contribution >= 4 is 5.69 Å². The van der Waals surface area contributed by atoms with Crippen LogP contribution in [0.1, 0.15) is 31.7 Å². The van der Waals surface area contributed by atoms with Crippen LogP contribution >= 0.6 is 0 Å². The molecule has 94 valence electrons. The molecule has 0 unspecified atom stereocenters. The first-order chi connectivity index (χ1) is 8.75. The summed E-state index contributed by atoms with van der Waals surface area (Å²) in [6.07, 6.45) is 4.45. The van der Waals surface area contributed by atoms with Crippen molar-refractivity contribution in [1.82, 2.24) is 20.2 Å². The summed E-state index contributed by atoms with van der Waals surface area (Å²) in [7, 11) is 0. The number of hydrogen-bond acceptors (Lipinski definition) is 4. The SMILES string of the molecule is Nc1ccc(-c2nnnn2C2CCCC2)c(F)c1. The Labute approximate surface area is 104 Å². The van der Waals surface area contributed by atoms with E-state index in [0.717, 1.165) is 12.8 Å². The third kappa shape index (κ3) is 1.83. The monoisotopic (exact) mass is 247 g/mol. The van der Waals surface area contributed by atoms with Crippen molar-refractivity contribution in [2.45, 2.75) is 31.7 Å². The maximum absolute atomic E-state index is 13.9. The molecular weight excluding hydrogens is 233 g/mol. The lowest BCUT2D eigenvalue weighted by Gasteiger charge is -2.11. The molecule has 0 spiro atoms. The third-order valence-corrected chi connectivity index (χ3v) is 3.40. The van der Waals surface area contributed by atoms with Gasteiger partial charge in [-0.25, -0.2) is 9.07 Å². The van der Waals surface area contributed by atoms with E-state index in [-0.39, 0.29) is 11.9 Å². The number of nitrogens with two attached hydrogens (primary N) is 1. The Hall–Kier alpha value is -1.98. The van der Waals surface area contributed by atoms with Crippen LogP contribution in [0.5, 0.6) is 0 Å². The number of halogens is 1. The van der Waals surface area contributed by atoms with Crippen molar-refractivity contribution in [3.05, 3.63) is 24.0 Å². The van der Waals surface area contributed by atoms with Crippen LogP contribution in [0.15, 0.2) is 18.2 Å². The number of rotatable bonds is 2. The molecule has 1 saturated carbocycles. The van der Waals surface area contributed by atoms with Crippen LogP contribution in [-0.4, -0.2) is 20.2 Å². The van der Waals surface area contributed by atoms with Gasteiger partial charge in [-0.1, -0.05) is 12.8 Å². The van der Waals surface area contributed by atoms with Crippen molar-refractivity contribution in [3.63, 3.8) is 0 Å². The molecule has 5 nitrogen and oxygen atoms in total. The molecule has 1 aromatic carbocycles. The summed E-state index contributed by atoms with van der Waals surface area (Å²) in [4.78, 5) is 0. The second-order valence-electron chi connectivity index (χ2n) is 4.62. The summed E-state index contributed by atoms with van der Waals surface area (Å²) in [5.41, 5.74) is 6.35. The number of nitrogen functional groups attached to an aromatic ring is 1. The summed E-state index contributed by atoms with van der Waals surface area (Å²) < 4.78 is 15.6. The summed E-state index contributed by atoms with van der Waals surface area (Å²) in [6, 6.07) is 4.86. The van der Waals surface area contributed by atoms with Gasteiger partial charge in [0.2, 0.25) is 0 Å². The van der Waals surface area contributed by atoms with Crippen LogP contribution in [0.2, 0.25) is 0 Å². The van der Waals surface area contributed by atoms with Gasteiger partial charge in [-0.05, 0) is 41.5 Å². The summed E-state index contributed by atoms with van der Waals surface area (Å²) in [5, 5.41) is 11.6. The van der Waals surface area contributed by atoms with Crippen LogP contribution in [0.3, 0.4) is 0 Å². The standard InChI is InChI=1S/C12H14FN5/c13-11-7-8(14)5-6-10(11)12-15-16-17-18(12)9-3-1-2-4-9/h5-7,9H,1-4,14H2. The van der Waals surface area contributed by atoms with E-state index in [2.05, 4.69) is 15.5 Å². The molecular formula is C12H14FN5. The maximum atomic E-state index is 13.9. The molecule has 0 amide bonds. The highest BCUT2D eigenvalue weighted by atomic mass is 19.1. The largest absolute Gasteiger partial charge is 0.399 e. The Morgan fingerprint density at radius 1 is 1.28 bits per heavy atom. The van der Waals surface area contributed by atoms with Crippen molar-refractivity contribution in [1.29, 1.82) is 0 Å². The zero-order valence-corrected chi connectivity index (χ0v) is 9.88. The number of anilines is 1. The van der Waals surface area contributed by atoms with Gasteiger partial charge in [-0.3, -0.25) is 0 Å². The fourth-order valence-corrected chi connectivity index (χ4v) is 2.48. The van der Waals surface area contributed by atoms with Gasteiger partial charge < -0.3 is 5.73 Å². The number of hydrogen-bond donors (Lipinski definition) is 1. The van der Waals surface area contributed by atoms with Crippen molar-refractivity contribution in [2.75, 3.05) is 5.73 Å². The average molecular weight is 247 g/mol. The lowest BCUT2D eigenvalue weighted by atomic mass is 10.1. The molecule has 2 aromatic rings. The molecule has 0 bridgehead atoms. The van der Waals surface area contributed by atoms with E-state index in [4.69, 9.17) is 5.73 Å². The minimum atomic E-state index is -0.385. The van der Waals surface area contributed by atoms with Crippen LogP contribution in [-0.2, 0) is 0 Å². The second-order valence-corrected chi connectivity index (χ2v) is 4.62. The lowest BCUT2D eigenvalue weighted by molar-refractivity contribution is 0.457. The Bertz CT molecular complexity index is 559. The second kappa shape index (κ2) is 4.36. The molecule has 0 aliphatic heterocycles. The predicted octanol–water partition coefficient (Wildman–Crippen LogP) is 2.18. The normalized spacial score (nSPS) is 16.3. The molecule has 1 aliphatic rings. The molecule has 1 fully saturated rings. The summed E-state index contributed by atoms with van der Waals surface area (Å²) in [5.74, 6) is 0.100. The highest BCUT2D eigenvalue weighted by Gasteiger charge is 2.23. The molecule has 3 rings (SSSR count). The highest BCUT2D eigenvalue weighted by Crippen LogP contribution is 2.32. The van der Waals surface area contributed by atoms with Gasteiger partial charge in [-0.15, -0.1) is 5.10 Å². The Morgan fingerprint density at radius 2 is 2.06 bits per heavy atom. The van der Waals surface area contributed by atoms with Gasteiger partial charge in [0.05, 0.1) is 11.6 Å². The molecule has 18 heavy (non-hydrogen) atoms. The first kappa shape index (κ1) is 11.1. The van der Waals surface area contributed by atoms with Crippen molar-refractivity contribution in [2.24, 2.45) is 0 Å².